The maximum absolute atomic E-state index is 12.3. The molecule has 2 saturated heterocycles. The SMILES string of the molecule is O=C(CN1CCOC1=O)N1CCC(Oc2ccc(-n3cccn3)nn2)CC1. The van der Waals surface area contributed by atoms with Gasteiger partial charge in [0.25, 0.3) is 0 Å². The molecule has 27 heavy (non-hydrogen) atoms. The maximum Gasteiger partial charge on any atom is 0.410 e. The van der Waals surface area contributed by atoms with E-state index < -0.39 is 6.09 Å². The highest BCUT2D eigenvalue weighted by Gasteiger charge is 2.29. The van der Waals surface area contributed by atoms with Gasteiger partial charge in [0.05, 0.1) is 6.54 Å². The van der Waals surface area contributed by atoms with E-state index in [1.54, 1.807) is 34.1 Å². The molecule has 10 heteroatoms. The third kappa shape index (κ3) is 3.99. The first kappa shape index (κ1) is 17.3. The number of ether oxygens (including phenoxy) is 2. The Morgan fingerprint density at radius 3 is 2.70 bits per heavy atom. The Kier molecular flexibility index (Phi) is 4.86. The van der Waals surface area contributed by atoms with Crippen LogP contribution in [-0.4, -0.2) is 80.7 Å². The highest BCUT2D eigenvalue weighted by Crippen LogP contribution is 2.18. The fourth-order valence-corrected chi connectivity index (χ4v) is 3.13. The molecule has 0 radical (unpaired) electrons. The lowest BCUT2D eigenvalue weighted by Crippen LogP contribution is -2.46. The molecule has 0 aliphatic carbocycles. The predicted molar refractivity (Wildman–Crippen MR) is 92.3 cm³/mol. The fourth-order valence-electron chi connectivity index (χ4n) is 3.13. The van der Waals surface area contributed by atoms with Crippen molar-refractivity contribution in [3.8, 4) is 11.7 Å². The summed E-state index contributed by atoms with van der Waals surface area (Å²) in [5.74, 6) is 1.01. The van der Waals surface area contributed by atoms with Crippen molar-refractivity contribution in [3.05, 3.63) is 30.6 Å². The van der Waals surface area contributed by atoms with Crippen molar-refractivity contribution in [2.75, 3.05) is 32.8 Å². The molecule has 10 nitrogen and oxygen atoms in total. The normalized spacial score (nSPS) is 17.9. The van der Waals surface area contributed by atoms with Crippen molar-refractivity contribution >= 4 is 12.0 Å². The van der Waals surface area contributed by atoms with Crippen LogP contribution in [-0.2, 0) is 9.53 Å². The van der Waals surface area contributed by atoms with Gasteiger partial charge in [0.1, 0.15) is 19.3 Å². The molecule has 0 atom stereocenters. The van der Waals surface area contributed by atoms with Crippen molar-refractivity contribution in [1.29, 1.82) is 0 Å². The number of likely N-dealkylation sites (tertiary alicyclic amines) is 1. The van der Waals surface area contributed by atoms with E-state index in [1.165, 1.54) is 4.90 Å². The first-order valence-corrected chi connectivity index (χ1v) is 8.89. The Hall–Kier alpha value is -3.17. The number of carbonyl (C=O) groups is 2. The fraction of sp³-hybridized carbons (Fsp3) is 0.471. The summed E-state index contributed by atoms with van der Waals surface area (Å²) in [5, 5.41) is 12.3. The van der Waals surface area contributed by atoms with Crippen LogP contribution in [0.1, 0.15) is 12.8 Å². The van der Waals surface area contributed by atoms with Crippen molar-refractivity contribution in [2.24, 2.45) is 0 Å². The Morgan fingerprint density at radius 2 is 2.07 bits per heavy atom. The van der Waals surface area contributed by atoms with Crippen molar-refractivity contribution in [2.45, 2.75) is 18.9 Å². The minimum atomic E-state index is -0.418. The lowest BCUT2D eigenvalue weighted by atomic mass is 10.1. The number of rotatable bonds is 5. The summed E-state index contributed by atoms with van der Waals surface area (Å²) in [5.41, 5.74) is 0. The number of hydrogen-bond acceptors (Lipinski definition) is 7. The van der Waals surface area contributed by atoms with Gasteiger partial charge < -0.3 is 14.4 Å². The third-order valence-corrected chi connectivity index (χ3v) is 4.62. The Bertz CT molecular complexity index is 786. The zero-order chi connectivity index (χ0) is 18.6. The van der Waals surface area contributed by atoms with Crippen LogP contribution in [0.25, 0.3) is 5.82 Å². The molecule has 0 unspecified atom stereocenters. The first-order valence-electron chi connectivity index (χ1n) is 8.89. The Balaban J connectivity index is 1.25. The molecule has 2 aromatic rings. The Morgan fingerprint density at radius 1 is 1.22 bits per heavy atom. The Labute approximate surface area is 155 Å². The molecule has 4 rings (SSSR count). The van der Waals surface area contributed by atoms with Gasteiger partial charge in [-0.1, -0.05) is 0 Å². The second-order valence-electron chi connectivity index (χ2n) is 6.41. The van der Waals surface area contributed by atoms with Gasteiger partial charge in [-0.3, -0.25) is 9.69 Å². The molecule has 2 aliphatic heterocycles. The van der Waals surface area contributed by atoms with Gasteiger partial charge in [-0.15, -0.1) is 10.2 Å². The summed E-state index contributed by atoms with van der Waals surface area (Å²) < 4.78 is 12.3. The molecule has 0 spiro atoms. The van der Waals surface area contributed by atoms with Gasteiger partial charge >= 0.3 is 6.09 Å². The van der Waals surface area contributed by atoms with Crippen molar-refractivity contribution in [1.82, 2.24) is 29.8 Å². The topological polar surface area (TPSA) is 103 Å². The van der Waals surface area contributed by atoms with E-state index in [4.69, 9.17) is 9.47 Å². The minimum Gasteiger partial charge on any atom is -0.473 e. The van der Waals surface area contributed by atoms with Crippen molar-refractivity contribution < 1.29 is 19.1 Å². The molecule has 0 N–H and O–H groups in total. The average Bonchev–Trinajstić information content (AvgIpc) is 3.36. The standard InChI is InChI=1S/C17H20N6O4/c24-16(12-22-10-11-26-17(22)25)21-8-4-13(5-9-21)27-15-3-2-14(19-20-15)23-7-1-6-18-23/h1-3,6-7,13H,4-5,8-12H2. The molecule has 2 aliphatic rings. The summed E-state index contributed by atoms with van der Waals surface area (Å²) in [6, 6.07) is 5.37. The third-order valence-electron chi connectivity index (χ3n) is 4.62. The number of hydrogen-bond donors (Lipinski definition) is 0. The zero-order valence-electron chi connectivity index (χ0n) is 14.7. The number of piperidine rings is 1. The molecule has 0 saturated carbocycles. The number of amides is 2. The number of nitrogens with zero attached hydrogens (tertiary/aromatic N) is 6. The lowest BCUT2D eigenvalue weighted by molar-refractivity contribution is -0.133. The highest BCUT2D eigenvalue weighted by atomic mass is 16.6. The van der Waals surface area contributed by atoms with Crippen LogP contribution >= 0.6 is 0 Å². The number of aromatic nitrogens is 4. The van der Waals surface area contributed by atoms with Gasteiger partial charge in [0.2, 0.25) is 11.8 Å². The van der Waals surface area contributed by atoms with Gasteiger partial charge in [0, 0.05) is 44.4 Å². The van der Waals surface area contributed by atoms with Gasteiger partial charge in [-0.05, 0) is 12.1 Å². The predicted octanol–water partition coefficient (Wildman–Crippen LogP) is 0.484. The molecular weight excluding hydrogens is 352 g/mol. The largest absolute Gasteiger partial charge is 0.473 e. The van der Waals surface area contributed by atoms with Crippen LogP contribution in [0.3, 0.4) is 0 Å². The van der Waals surface area contributed by atoms with Crippen LogP contribution < -0.4 is 4.74 Å². The summed E-state index contributed by atoms with van der Waals surface area (Å²) in [6.45, 7) is 2.07. The van der Waals surface area contributed by atoms with Gasteiger partial charge in [0.15, 0.2) is 5.82 Å². The van der Waals surface area contributed by atoms with Crippen LogP contribution in [0.4, 0.5) is 4.79 Å². The summed E-state index contributed by atoms with van der Waals surface area (Å²) in [6.07, 6.45) is 4.44. The maximum atomic E-state index is 12.3. The molecule has 2 aromatic heterocycles. The molecule has 142 valence electrons. The summed E-state index contributed by atoms with van der Waals surface area (Å²) in [7, 11) is 0. The molecule has 0 bridgehead atoms. The van der Waals surface area contributed by atoms with E-state index in [0.717, 1.165) is 0 Å². The molecular formula is C17H20N6O4. The van der Waals surface area contributed by atoms with Crippen LogP contribution in [0.15, 0.2) is 30.6 Å². The van der Waals surface area contributed by atoms with Crippen LogP contribution in [0.2, 0.25) is 0 Å². The number of cyclic esters (lactones) is 1. The van der Waals surface area contributed by atoms with Crippen molar-refractivity contribution in [3.63, 3.8) is 0 Å². The van der Waals surface area contributed by atoms with Gasteiger partial charge in [-0.2, -0.15) is 5.10 Å². The second-order valence-corrected chi connectivity index (χ2v) is 6.41. The summed E-state index contributed by atoms with van der Waals surface area (Å²) >= 11 is 0. The molecule has 0 aromatic carbocycles. The van der Waals surface area contributed by atoms with E-state index in [2.05, 4.69) is 15.3 Å². The second kappa shape index (κ2) is 7.60. The zero-order valence-corrected chi connectivity index (χ0v) is 14.7. The number of carbonyl (C=O) groups excluding carboxylic acids is 2. The molecule has 2 amide bonds. The monoisotopic (exact) mass is 372 g/mol. The van der Waals surface area contributed by atoms with E-state index in [-0.39, 0.29) is 18.6 Å². The average molecular weight is 372 g/mol. The summed E-state index contributed by atoms with van der Waals surface area (Å²) in [4.78, 5) is 27.0. The van der Waals surface area contributed by atoms with E-state index >= 15 is 0 Å². The molecule has 2 fully saturated rings. The van der Waals surface area contributed by atoms with E-state index in [1.807, 2.05) is 6.07 Å². The van der Waals surface area contributed by atoms with E-state index in [9.17, 15) is 9.59 Å². The van der Waals surface area contributed by atoms with Crippen LogP contribution in [0, 0.1) is 0 Å². The van der Waals surface area contributed by atoms with Gasteiger partial charge in [-0.25, -0.2) is 9.48 Å². The quantitative estimate of drug-likeness (QED) is 0.752. The van der Waals surface area contributed by atoms with Crippen LogP contribution in [0.5, 0.6) is 5.88 Å². The smallest absolute Gasteiger partial charge is 0.410 e. The van der Waals surface area contributed by atoms with E-state index in [0.29, 0.717) is 50.8 Å². The molecule has 4 heterocycles. The minimum absolute atomic E-state index is 0.0179. The first-order chi connectivity index (χ1) is 13.2. The lowest BCUT2D eigenvalue weighted by Gasteiger charge is -2.32. The highest BCUT2D eigenvalue weighted by molar-refractivity contribution is 5.83.